The molecule has 2 aliphatic rings. The van der Waals surface area contributed by atoms with Crippen molar-refractivity contribution >= 4 is 0 Å². The van der Waals surface area contributed by atoms with Gasteiger partial charge in [-0.2, -0.15) is 0 Å². The smallest absolute Gasteiger partial charge is 0.137 e. The van der Waals surface area contributed by atoms with Crippen molar-refractivity contribution in [3.8, 4) is 5.75 Å². The van der Waals surface area contributed by atoms with Gasteiger partial charge in [-0.25, -0.2) is 0 Å². The summed E-state index contributed by atoms with van der Waals surface area (Å²) in [5.74, 6) is 4.78. The molecule has 0 atom stereocenters. The van der Waals surface area contributed by atoms with Crippen molar-refractivity contribution in [1.29, 1.82) is 0 Å². The molecule has 1 aromatic rings. The van der Waals surface area contributed by atoms with E-state index in [9.17, 15) is 0 Å². The molecule has 0 N–H and O–H groups in total. The number of hydrogen-bond donors (Lipinski definition) is 0. The topological polar surface area (TPSA) is 22.1 Å². The van der Waals surface area contributed by atoms with E-state index >= 15 is 0 Å². The zero-order valence-corrected chi connectivity index (χ0v) is 20.6. The average molecular weight is 428 g/mol. The first-order chi connectivity index (χ1) is 15.3. The van der Waals surface area contributed by atoms with Crippen molar-refractivity contribution in [2.45, 2.75) is 123 Å². The van der Waals surface area contributed by atoms with E-state index in [1.54, 1.807) is 0 Å². The van der Waals surface area contributed by atoms with Crippen LogP contribution in [0.2, 0.25) is 0 Å². The first-order valence-corrected chi connectivity index (χ1v) is 13.9. The summed E-state index contributed by atoms with van der Waals surface area (Å²) in [4.78, 5) is 4.60. The van der Waals surface area contributed by atoms with Crippen LogP contribution in [0.4, 0.5) is 0 Å². The van der Waals surface area contributed by atoms with Crippen LogP contribution in [0.25, 0.3) is 0 Å². The third-order valence-corrected chi connectivity index (χ3v) is 8.24. The van der Waals surface area contributed by atoms with Crippen LogP contribution in [-0.2, 0) is 6.42 Å². The maximum Gasteiger partial charge on any atom is 0.137 e. The molecule has 1 aromatic heterocycles. The summed E-state index contributed by atoms with van der Waals surface area (Å²) in [6.45, 7) is 5.45. The Morgan fingerprint density at radius 2 is 1.39 bits per heavy atom. The Morgan fingerprint density at radius 1 is 0.742 bits per heavy atom. The second-order valence-corrected chi connectivity index (χ2v) is 10.7. The quantitative estimate of drug-likeness (QED) is 0.293. The van der Waals surface area contributed by atoms with Gasteiger partial charge in [0.1, 0.15) is 5.75 Å². The minimum Gasteiger partial charge on any atom is -0.492 e. The van der Waals surface area contributed by atoms with Crippen molar-refractivity contribution in [1.82, 2.24) is 4.98 Å². The highest BCUT2D eigenvalue weighted by Crippen LogP contribution is 2.42. The Morgan fingerprint density at radius 3 is 2.00 bits per heavy atom. The van der Waals surface area contributed by atoms with Crippen LogP contribution in [0.15, 0.2) is 18.3 Å². The molecule has 0 spiro atoms. The first kappa shape index (κ1) is 24.6. The summed E-state index contributed by atoms with van der Waals surface area (Å²) >= 11 is 0. The molecular formula is C29H49NO. The molecule has 0 saturated heterocycles. The largest absolute Gasteiger partial charge is 0.492 e. The Hall–Kier alpha value is -1.05. The van der Waals surface area contributed by atoms with Gasteiger partial charge < -0.3 is 4.74 Å². The monoisotopic (exact) mass is 427 g/mol. The van der Waals surface area contributed by atoms with Crippen LogP contribution in [0.3, 0.4) is 0 Å². The SMILES string of the molecule is CCCCCCC1CCC(C2CCC(COc3ccc(CCCCC)nc3)CC2)CC1. The Kier molecular flexibility index (Phi) is 11.2. The number of aryl methyl sites for hydroxylation is 1. The minimum atomic E-state index is 0.746. The normalized spacial score (nSPS) is 26.6. The van der Waals surface area contributed by atoms with E-state index in [0.717, 1.165) is 42.4 Å². The van der Waals surface area contributed by atoms with E-state index in [1.807, 2.05) is 6.20 Å². The number of hydrogen-bond acceptors (Lipinski definition) is 2. The van der Waals surface area contributed by atoms with E-state index in [2.05, 4.69) is 31.0 Å². The summed E-state index contributed by atoms with van der Waals surface area (Å²) in [6.07, 6.45) is 25.7. The Labute approximate surface area is 193 Å². The molecule has 2 saturated carbocycles. The zero-order valence-electron chi connectivity index (χ0n) is 20.6. The molecule has 0 bridgehead atoms. The molecule has 2 heteroatoms. The lowest BCUT2D eigenvalue weighted by molar-refractivity contribution is 0.121. The molecule has 1 heterocycles. The lowest BCUT2D eigenvalue weighted by Gasteiger charge is -2.38. The fourth-order valence-electron chi connectivity index (χ4n) is 6.05. The molecular weight excluding hydrogens is 378 g/mol. The van der Waals surface area contributed by atoms with Gasteiger partial charge in [-0.05, 0) is 87.2 Å². The highest BCUT2D eigenvalue weighted by Gasteiger charge is 2.30. The Bertz CT molecular complexity index is 567. The lowest BCUT2D eigenvalue weighted by Crippen LogP contribution is -2.27. The van der Waals surface area contributed by atoms with Gasteiger partial charge in [0.2, 0.25) is 0 Å². The highest BCUT2D eigenvalue weighted by molar-refractivity contribution is 5.20. The fraction of sp³-hybridized carbons (Fsp3) is 0.828. The minimum absolute atomic E-state index is 0.746. The number of aromatic nitrogens is 1. The van der Waals surface area contributed by atoms with Gasteiger partial charge in [-0.15, -0.1) is 0 Å². The second-order valence-electron chi connectivity index (χ2n) is 10.7. The van der Waals surface area contributed by atoms with Crippen LogP contribution in [0, 0.1) is 23.7 Å². The van der Waals surface area contributed by atoms with Gasteiger partial charge in [-0.1, -0.05) is 71.6 Å². The van der Waals surface area contributed by atoms with E-state index in [4.69, 9.17) is 4.74 Å². The van der Waals surface area contributed by atoms with Gasteiger partial charge in [0.05, 0.1) is 12.8 Å². The molecule has 0 amide bonds. The molecule has 2 aliphatic carbocycles. The van der Waals surface area contributed by atoms with Gasteiger partial charge >= 0.3 is 0 Å². The van der Waals surface area contributed by atoms with E-state index in [1.165, 1.54) is 108 Å². The standard InChI is InChI=1S/C29H49NO/c1-3-5-7-9-10-24-12-16-26(17-13-24)27-18-14-25(15-19-27)23-31-29-21-20-28(30-22-29)11-8-6-4-2/h20-22,24-27H,3-19,23H2,1-2H3. The number of pyridine rings is 1. The predicted molar refractivity (Wildman–Crippen MR) is 133 cm³/mol. The van der Waals surface area contributed by atoms with Crippen molar-refractivity contribution in [2.24, 2.45) is 23.7 Å². The number of ether oxygens (including phenoxy) is 1. The van der Waals surface area contributed by atoms with Crippen LogP contribution in [-0.4, -0.2) is 11.6 Å². The van der Waals surface area contributed by atoms with Gasteiger partial charge in [0, 0.05) is 5.69 Å². The fourth-order valence-corrected chi connectivity index (χ4v) is 6.05. The summed E-state index contributed by atoms with van der Waals surface area (Å²) in [5.41, 5.74) is 1.21. The molecule has 0 unspecified atom stereocenters. The van der Waals surface area contributed by atoms with Crippen LogP contribution in [0.1, 0.15) is 122 Å². The molecule has 0 aliphatic heterocycles. The van der Waals surface area contributed by atoms with Gasteiger partial charge in [0.25, 0.3) is 0 Å². The van der Waals surface area contributed by atoms with Crippen molar-refractivity contribution in [3.05, 3.63) is 24.0 Å². The van der Waals surface area contributed by atoms with E-state index < -0.39 is 0 Å². The molecule has 31 heavy (non-hydrogen) atoms. The van der Waals surface area contributed by atoms with E-state index in [0.29, 0.717) is 0 Å². The van der Waals surface area contributed by atoms with Crippen LogP contribution >= 0.6 is 0 Å². The summed E-state index contributed by atoms with van der Waals surface area (Å²) in [7, 11) is 0. The molecule has 2 nitrogen and oxygen atoms in total. The van der Waals surface area contributed by atoms with Crippen LogP contribution in [0.5, 0.6) is 5.75 Å². The molecule has 0 radical (unpaired) electrons. The van der Waals surface area contributed by atoms with Gasteiger partial charge in [-0.3, -0.25) is 4.98 Å². The average Bonchev–Trinajstić information content (AvgIpc) is 2.82. The van der Waals surface area contributed by atoms with Crippen LogP contribution < -0.4 is 4.74 Å². The molecule has 0 aromatic carbocycles. The summed E-state index contributed by atoms with van der Waals surface area (Å²) in [5, 5.41) is 0. The van der Waals surface area contributed by atoms with Crippen molar-refractivity contribution in [2.75, 3.05) is 6.61 Å². The summed E-state index contributed by atoms with van der Waals surface area (Å²) in [6, 6.07) is 4.28. The van der Waals surface area contributed by atoms with E-state index in [-0.39, 0.29) is 0 Å². The Balaban J connectivity index is 1.28. The van der Waals surface area contributed by atoms with Gasteiger partial charge in [0.15, 0.2) is 0 Å². The maximum atomic E-state index is 6.11. The molecule has 176 valence electrons. The second kappa shape index (κ2) is 14.2. The third-order valence-electron chi connectivity index (χ3n) is 8.24. The molecule has 2 fully saturated rings. The number of unbranched alkanes of at least 4 members (excludes halogenated alkanes) is 5. The third kappa shape index (κ3) is 8.78. The zero-order chi connectivity index (χ0) is 21.7. The number of nitrogens with zero attached hydrogens (tertiary/aromatic N) is 1. The number of rotatable bonds is 13. The lowest BCUT2D eigenvalue weighted by atomic mass is 9.69. The molecule has 3 rings (SSSR count). The van der Waals surface area contributed by atoms with Crippen molar-refractivity contribution in [3.63, 3.8) is 0 Å². The predicted octanol–water partition coefficient (Wildman–Crippen LogP) is 8.78. The van der Waals surface area contributed by atoms with Crippen molar-refractivity contribution < 1.29 is 4.74 Å². The maximum absolute atomic E-state index is 6.11. The summed E-state index contributed by atoms with van der Waals surface area (Å²) < 4.78 is 6.11. The highest BCUT2D eigenvalue weighted by atomic mass is 16.5. The first-order valence-electron chi connectivity index (χ1n) is 13.9.